The molecule has 0 radical (unpaired) electrons. The summed E-state index contributed by atoms with van der Waals surface area (Å²) < 4.78 is 1.97. The topological polar surface area (TPSA) is 46.1 Å². The molecule has 0 unspecified atom stereocenters. The minimum atomic E-state index is 0.135. The van der Waals surface area contributed by atoms with Crippen molar-refractivity contribution in [3.8, 4) is 0 Å². The fourth-order valence-corrected chi connectivity index (χ4v) is 2.70. The highest BCUT2D eigenvalue weighted by Crippen LogP contribution is 2.17. The number of nitrogens with zero attached hydrogens (tertiary/aromatic N) is 1. The molecule has 112 valence electrons. The van der Waals surface area contributed by atoms with Crippen LogP contribution in [0.25, 0.3) is 0 Å². The summed E-state index contributed by atoms with van der Waals surface area (Å²) in [6.45, 7) is 5.55. The van der Waals surface area contributed by atoms with E-state index >= 15 is 0 Å². The molecule has 0 bridgehead atoms. The van der Waals surface area contributed by atoms with Crippen LogP contribution in [-0.4, -0.2) is 22.6 Å². The minimum absolute atomic E-state index is 0.135. The molecule has 20 heavy (non-hydrogen) atoms. The first-order chi connectivity index (χ1) is 9.63. The normalized spacial score (nSPS) is 16.6. The van der Waals surface area contributed by atoms with E-state index in [9.17, 15) is 4.79 Å². The van der Waals surface area contributed by atoms with E-state index < -0.39 is 0 Å². The maximum Gasteiger partial charge on any atom is 0.240 e. The van der Waals surface area contributed by atoms with Crippen molar-refractivity contribution in [1.29, 1.82) is 0 Å². The van der Waals surface area contributed by atoms with Crippen LogP contribution in [-0.2, 0) is 17.9 Å². The van der Waals surface area contributed by atoms with Crippen LogP contribution < -0.4 is 10.6 Å². The molecule has 1 aromatic rings. The van der Waals surface area contributed by atoms with Crippen LogP contribution in [0.3, 0.4) is 0 Å². The van der Waals surface area contributed by atoms with Crippen molar-refractivity contribution in [3.05, 3.63) is 24.0 Å². The van der Waals surface area contributed by atoms with Gasteiger partial charge in [0.1, 0.15) is 6.54 Å². The first kappa shape index (κ1) is 15.1. The van der Waals surface area contributed by atoms with Crippen LogP contribution in [0.15, 0.2) is 18.5 Å². The molecule has 2 rings (SSSR count). The third-order valence-corrected chi connectivity index (χ3v) is 3.82. The van der Waals surface area contributed by atoms with Crippen molar-refractivity contribution in [2.45, 2.75) is 71.1 Å². The van der Waals surface area contributed by atoms with Crippen LogP contribution in [0.5, 0.6) is 0 Å². The average Bonchev–Trinajstić information content (AvgIpc) is 2.85. The van der Waals surface area contributed by atoms with Crippen molar-refractivity contribution in [1.82, 2.24) is 15.2 Å². The zero-order valence-corrected chi connectivity index (χ0v) is 12.7. The Hall–Kier alpha value is -1.29. The highest BCUT2D eigenvalue weighted by atomic mass is 16.2. The molecular weight excluding hydrogens is 250 g/mol. The Balaban J connectivity index is 1.76. The van der Waals surface area contributed by atoms with Crippen molar-refractivity contribution in [2.24, 2.45) is 0 Å². The second-order valence-electron chi connectivity index (χ2n) is 6.13. The standard InChI is InChI=1S/C16H27N3O/c1-13(2)17-10-14-8-9-19(11-14)12-16(20)18-15-6-4-3-5-7-15/h8-9,11,13,15,17H,3-7,10,12H2,1-2H3,(H,18,20). The lowest BCUT2D eigenvalue weighted by Crippen LogP contribution is -2.38. The second kappa shape index (κ2) is 7.48. The Morgan fingerprint density at radius 2 is 2.10 bits per heavy atom. The Morgan fingerprint density at radius 3 is 2.80 bits per heavy atom. The van der Waals surface area contributed by atoms with Crippen LogP contribution >= 0.6 is 0 Å². The monoisotopic (exact) mass is 277 g/mol. The molecule has 1 aromatic heterocycles. The molecule has 1 aliphatic rings. The Bertz CT molecular complexity index is 419. The quantitative estimate of drug-likeness (QED) is 0.839. The molecule has 1 saturated carbocycles. The van der Waals surface area contributed by atoms with Gasteiger partial charge >= 0.3 is 0 Å². The maximum atomic E-state index is 12.0. The van der Waals surface area contributed by atoms with E-state index in [4.69, 9.17) is 0 Å². The molecule has 0 aliphatic heterocycles. The number of rotatable bonds is 6. The lowest BCUT2D eigenvalue weighted by atomic mass is 9.95. The van der Waals surface area contributed by atoms with Crippen molar-refractivity contribution in [3.63, 3.8) is 0 Å². The summed E-state index contributed by atoms with van der Waals surface area (Å²) in [5.41, 5.74) is 1.23. The van der Waals surface area contributed by atoms with Gasteiger partial charge in [-0.3, -0.25) is 4.79 Å². The molecule has 2 N–H and O–H groups in total. The zero-order chi connectivity index (χ0) is 14.4. The van der Waals surface area contributed by atoms with Crippen molar-refractivity contribution >= 4 is 5.91 Å². The molecule has 1 fully saturated rings. The van der Waals surface area contributed by atoms with Gasteiger partial charge in [-0.25, -0.2) is 0 Å². The van der Waals surface area contributed by atoms with Crippen LogP contribution in [0.1, 0.15) is 51.5 Å². The molecular formula is C16H27N3O. The maximum absolute atomic E-state index is 12.0. The van der Waals surface area contributed by atoms with Crippen LogP contribution in [0, 0.1) is 0 Å². The third kappa shape index (κ3) is 5.00. The highest BCUT2D eigenvalue weighted by Gasteiger charge is 2.15. The molecule has 4 heteroatoms. The largest absolute Gasteiger partial charge is 0.352 e. The summed E-state index contributed by atoms with van der Waals surface area (Å²) in [6.07, 6.45) is 10.1. The number of aromatic nitrogens is 1. The minimum Gasteiger partial charge on any atom is -0.352 e. The van der Waals surface area contributed by atoms with Gasteiger partial charge in [0.05, 0.1) is 0 Å². The van der Waals surface area contributed by atoms with Gasteiger partial charge in [0.25, 0.3) is 0 Å². The number of carbonyl (C=O) groups is 1. The van der Waals surface area contributed by atoms with Crippen molar-refractivity contribution in [2.75, 3.05) is 0 Å². The smallest absolute Gasteiger partial charge is 0.240 e. The molecule has 0 spiro atoms. The van der Waals surface area contributed by atoms with E-state index in [-0.39, 0.29) is 5.91 Å². The lowest BCUT2D eigenvalue weighted by Gasteiger charge is -2.22. The van der Waals surface area contributed by atoms with Gasteiger partial charge in [-0.2, -0.15) is 0 Å². The van der Waals surface area contributed by atoms with E-state index in [1.165, 1.54) is 24.8 Å². The molecule has 1 aliphatic carbocycles. The number of nitrogens with one attached hydrogen (secondary N) is 2. The average molecular weight is 277 g/mol. The summed E-state index contributed by atoms with van der Waals surface area (Å²) in [7, 11) is 0. The molecule has 0 aromatic carbocycles. The summed E-state index contributed by atoms with van der Waals surface area (Å²) in [6, 6.07) is 2.95. The Labute approximate surface area is 121 Å². The summed E-state index contributed by atoms with van der Waals surface area (Å²) in [5, 5.41) is 6.53. The van der Waals surface area contributed by atoms with Gasteiger partial charge in [0, 0.05) is 31.0 Å². The van der Waals surface area contributed by atoms with E-state index in [0.29, 0.717) is 18.6 Å². The van der Waals surface area contributed by atoms with E-state index in [1.54, 1.807) is 0 Å². The first-order valence-corrected chi connectivity index (χ1v) is 7.81. The van der Waals surface area contributed by atoms with Crippen molar-refractivity contribution < 1.29 is 4.79 Å². The first-order valence-electron chi connectivity index (χ1n) is 7.81. The predicted octanol–water partition coefficient (Wildman–Crippen LogP) is 2.43. The molecule has 1 amide bonds. The summed E-state index contributed by atoms with van der Waals surface area (Å²) in [5.74, 6) is 0.135. The molecule has 1 heterocycles. The van der Waals surface area contributed by atoms with Gasteiger partial charge in [0.15, 0.2) is 0 Å². The predicted molar refractivity (Wildman–Crippen MR) is 81.4 cm³/mol. The summed E-state index contributed by atoms with van der Waals surface area (Å²) in [4.78, 5) is 12.0. The highest BCUT2D eigenvalue weighted by molar-refractivity contribution is 5.76. The SMILES string of the molecule is CC(C)NCc1ccn(CC(=O)NC2CCCCC2)c1. The molecule has 0 saturated heterocycles. The van der Waals surface area contributed by atoms with E-state index in [2.05, 4.69) is 36.7 Å². The Morgan fingerprint density at radius 1 is 1.35 bits per heavy atom. The zero-order valence-electron chi connectivity index (χ0n) is 12.7. The number of hydrogen-bond donors (Lipinski definition) is 2. The fourth-order valence-electron chi connectivity index (χ4n) is 2.70. The van der Waals surface area contributed by atoms with E-state index in [1.807, 2.05) is 10.8 Å². The number of amides is 1. The fraction of sp³-hybridized carbons (Fsp3) is 0.688. The van der Waals surface area contributed by atoms with Crippen LogP contribution in [0.2, 0.25) is 0 Å². The van der Waals surface area contributed by atoms with Gasteiger partial charge in [-0.1, -0.05) is 33.1 Å². The summed E-state index contributed by atoms with van der Waals surface area (Å²) >= 11 is 0. The second-order valence-corrected chi connectivity index (χ2v) is 6.13. The molecule has 4 nitrogen and oxygen atoms in total. The lowest BCUT2D eigenvalue weighted by molar-refractivity contribution is -0.122. The van der Waals surface area contributed by atoms with Gasteiger partial charge in [0.2, 0.25) is 5.91 Å². The van der Waals surface area contributed by atoms with Gasteiger partial charge < -0.3 is 15.2 Å². The van der Waals surface area contributed by atoms with Gasteiger partial charge in [-0.15, -0.1) is 0 Å². The Kier molecular flexibility index (Phi) is 5.65. The van der Waals surface area contributed by atoms with Crippen LogP contribution in [0.4, 0.5) is 0 Å². The number of carbonyl (C=O) groups excluding carboxylic acids is 1. The van der Waals surface area contributed by atoms with Gasteiger partial charge in [-0.05, 0) is 24.5 Å². The van der Waals surface area contributed by atoms with E-state index in [0.717, 1.165) is 19.4 Å². The third-order valence-electron chi connectivity index (χ3n) is 3.82. The number of hydrogen-bond acceptors (Lipinski definition) is 2. The molecule has 0 atom stereocenters.